The van der Waals surface area contributed by atoms with Crippen LogP contribution in [0.25, 0.3) is 0 Å². The number of esters is 6. The second-order valence-electron chi connectivity index (χ2n) is 8.13. The molecule has 0 bridgehead atoms. The van der Waals surface area contributed by atoms with Gasteiger partial charge in [0.05, 0.1) is 13.2 Å². The van der Waals surface area contributed by atoms with E-state index in [9.17, 15) is 28.8 Å². The van der Waals surface area contributed by atoms with Gasteiger partial charge in [0.1, 0.15) is 6.10 Å². The Morgan fingerprint density at radius 2 is 0.811 bits per heavy atom. The first-order valence-electron chi connectivity index (χ1n) is 11.2. The van der Waals surface area contributed by atoms with Gasteiger partial charge in [-0.3, -0.25) is 28.8 Å². The maximum atomic E-state index is 11.9. The second-order valence-corrected chi connectivity index (χ2v) is 8.13. The fraction of sp³-hybridized carbons (Fsp3) is 0.727. The normalized spacial score (nSPS) is 31.3. The van der Waals surface area contributed by atoms with E-state index in [0.29, 0.717) is 0 Å². The average molecular weight is 534 g/mol. The number of hydrogen-bond donors (Lipinski definition) is 0. The number of ether oxygens (including phenoxy) is 9. The third kappa shape index (κ3) is 8.94. The highest BCUT2D eigenvalue weighted by Crippen LogP contribution is 2.30. The van der Waals surface area contributed by atoms with E-state index in [2.05, 4.69) is 0 Å². The molecule has 2 rings (SSSR count). The van der Waals surface area contributed by atoms with Gasteiger partial charge in [-0.15, -0.1) is 0 Å². The summed E-state index contributed by atoms with van der Waals surface area (Å²) in [4.78, 5) is 70.3. The van der Waals surface area contributed by atoms with Crippen molar-refractivity contribution in [2.45, 2.75) is 90.7 Å². The minimum atomic E-state index is -1.45. The van der Waals surface area contributed by atoms with Gasteiger partial charge in [0.2, 0.25) is 12.4 Å². The van der Waals surface area contributed by atoms with E-state index in [1.807, 2.05) is 0 Å². The van der Waals surface area contributed by atoms with Crippen LogP contribution in [0.1, 0.15) is 41.5 Å². The summed E-state index contributed by atoms with van der Waals surface area (Å²) in [7, 11) is 0. The zero-order valence-electron chi connectivity index (χ0n) is 21.2. The summed E-state index contributed by atoms with van der Waals surface area (Å²) < 4.78 is 48.3. The predicted octanol–water partition coefficient (Wildman–Crippen LogP) is -0.694. The van der Waals surface area contributed by atoms with Gasteiger partial charge < -0.3 is 42.6 Å². The smallest absolute Gasteiger partial charge is 0.305 e. The second kappa shape index (κ2) is 13.3. The highest BCUT2D eigenvalue weighted by Gasteiger charge is 2.52. The summed E-state index contributed by atoms with van der Waals surface area (Å²) in [5.74, 6) is -4.61. The topological polar surface area (TPSA) is 185 Å². The van der Waals surface area contributed by atoms with E-state index in [-0.39, 0.29) is 13.2 Å². The Hall–Kier alpha value is -3.30. The molecule has 0 unspecified atom stereocenters. The van der Waals surface area contributed by atoms with Crippen molar-refractivity contribution >= 4 is 35.8 Å². The summed E-state index contributed by atoms with van der Waals surface area (Å²) in [6.07, 6.45) is -10.8. The molecule has 15 heteroatoms. The summed E-state index contributed by atoms with van der Waals surface area (Å²) in [6.45, 7) is 5.92. The zero-order valence-corrected chi connectivity index (χ0v) is 21.2. The van der Waals surface area contributed by atoms with E-state index in [4.69, 9.17) is 42.6 Å². The minimum absolute atomic E-state index is 0.324. The van der Waals surface area contributed by atoms with E-state index >= 15 is 0 Å². The van der Waals surface area contributed by atoms with Gasteiger partial charge in [-0.2, -0.15) is 0 Å². The third-order valence-electron chi connectivity index (χ3n) is 4.88. The van der Waals surface area contributed by atoms with Crippen LogP contribution in [0.2, 0.25) is 0 Å². The monoisotopic (exact) mass is 534 g/mol. The van der Waals surface area contributed by atoms with E-state index in [1.54, 1.807) is 0 Å². The van der Waals surface area contributed by atoms with E-state index in [0.717, 1.165) is 41.5 Å². The van der Waals surface area contributed by atoms with Crippen LogP contribution in [0.5, 0.6) is 0 Å². The molecule has 2 aliphatic rings. The van der Waals surface area contributed by atoms with Crippen molar-refractivity contribution in [3.8, 4) is 0 Å². The molecule has 0 amide bonds. The van der Waals surface area contributed by atoms with Crippen molar-refractivity contribution < 1.29 is 71.4 Å². The van der Waals surface area contributed by atoms with Gasteiger partial charge in [0, 0.05) is 41.5 Å². The average Bonchev–Trinajstić information content (AvgIpc) is 2.74. The third-order valence-corrected chi connectivity index (χ3v) is 4.88. The Balaban J connectivity index is 2.38. The summed E-state index contributed by atoms with van der Waals surface area (Å²) in [5.41, 5.74) is 0. The van der Waals surface area contributed by atoms with Gasteiger partial charge in [-0.1, -0.05) is 0 Å². The first kappa shape index (κ1) is 29.9. The lowest BCUT2D eigenvalue weighted by Gasteiger charge is -2.44. The van der Waals surface area contributed by atoms with Gasteiger partial charge in [0.15, 0.2) is 30.7 Å². The molecule has 2 fully saturated rings. The van der Waals surface area contributed by atoms with Crippen LogP contribution in [0.3, 0.4) is 0 Å². The van der Waals surface area contributed by atoms with Crippen LogP contribution in [0.4, 0.5) is 0 Å². The lowest BCUT2D eigenvalue weighted by molar-refractivity contribution is -0.328. The molecule has 0 radical (unpaired) electrons. The largest absolute Gasteiger partial charge is 0.456 e. The first-order valence-corrected chi connectivity index (χ1v) is 11.2. The van der Waals surface area contributed by atoms with E-state index in [1.165, 1.54) is 0 Å². The maximum absolute atomic E-state index is 11.9. The van der Waals surface area contributed by atoms with Gasteiger partial charge in [0.25, 0.3) is 0 Å². The van der Waals surface area contributed by atoms with E-state index < -0.39 is 85.0 Å². The molecule has 37 heavy (non-hydrogen) atoms. The van der Waals surface area contributed by atoms with Crippen molar-refractivity contribution in [3.05, 3.63) is 0 Å². The number of carbonyl (C=O) groups excluding carboxylic acids is 6. The van der Waals surface area contributed by atoms with Crippen LogP contribution < -0.4 is 0 Å². The van der Waals surface area contributed by atoms with Crippen molar-refractivity contribution in [2.24, 2.45) is 0 Å². The fourth-order valence-electron chi connectivity index (χ4n) is 3.77. The number of hydrogen-bond acceptors (Lipinski definition) is 15. The van der Waals surface area contributed by atoms with Crippen LogP contribution in [-0.4, -0.2) is 98.2 Å². The van der Waals surface area contributed by atoms with Crippen LogP contribution >= 0.6 is 0 Å². The highest BCUT2D eigenvalue weighted by molar-refractivity contribution is 5.69. The molecule has 15 nitrogen and oxygen atoms in total. The van der Waals surface area contributed by atoms with Crippen molar-refractivity contribution in [1.82, 2.24) is 0 Å². The lowest BCUT2D eigenvalue weighted by atomic mass is 10.0. The zero-order chi connectivity index (χ0) is 27.9. The molecule has 0 N–H and O–H groups in total. The fourth-order valence-corrected chi connectivity index (χ4v) is 3.77. The molecule has 8 atom stereocenters. The molecular weight excluding hydrogens is 504 g/mol. The van der Waals surface area contributed by atoms with Crippen LogP contribution in [-0.2, 0) is 71.4 Å². The molecule has 0 spiro atoms. The molecule has 2 aliphatic heterocycles. The molecule has 0 aliphatic carbocycles. The maximum Gasteiger partial charge on any atom is 0.305 e. The minimum Gasteiger partial charge on any atom is -0.456 e. The van der Waals surface area contributed by atoms with Crippen LogP contribution in [0.15, 0.2) is 0 Å². The molecule has 0 aromatic rings. The molecule has 0 saturated carbocycles. The summed E-state index contributed by atoms with van der Waals surface area (Å²) in [5, 5.41) is 0. The Morgan fingerprint density at radius 1 is 0.459 bits per heavy atom. The van der Waals surface area contributed by atoms with Gasteiger partial charge >= 0.3 is 35.8 Å². The SMILES string of the molecule is CC(=O)O[C@@H]1OC[C@@H](O[C@@H]2OC[C@@H](OC(C)=O)[C@H](OC(C)=O)[C@H]2OC(C)=O)[C@H](OC(C)=O)[C@H]1OC(C)=O. The predicted molar refractivity (Wildman–Crippen MR) is 114 cm³/mol. The molecule has 0 aromatic carbocycles. The molecule has 208 valence electrons. The highest BCUT2D eigenvalue weighted by atomic mass is 16.8. The Labute approximate surface area is 211 Å². The Bertz CT molecular complexity index is 815. The summed E-state index contributed by atoms with van der Waals surface area (Å²) in [6, 6.07) is 0. The van der Waals surface area contributed by atoms with Crippen molar-refractivity contribution in [1.29, 1.82) is 0 Å². The Morgan fingerprint density at radius 3 is 1.27 bits per heavy atom. The molecule has 2 heterocycles. The van der Waals surface area contributed by atoms with Gasteiger partial charge in [-0.25, -0.2) is 0 Å². The lowest BCUT2D eigenvalue weighted by Crippen LogP contribution is -2.62. The molecule has 0 aromatic heterocycles. The molecular formula is C22H30O15. The number of rotatable bonds is 8. The number of carbonyl (C=O) groups is 6. The summed E-state index contributed by atoms with van der Waals surface area (Å²) >= 11 is 0. The molecule has 2 saturated heterocycles. The standard InChI is InChI=1S/C22H30O15/c1-9(23)31-15-7-30-22(20(35-13(5)27)17(15)32-10(2)24)37-16-8-29-21(36-14(6)28)19(34-12(4)26)18(16)33-11(3)25/h15-22H,7-8H2,1-6H3/t15-,16-,17+,18+,19-,20-,21+,22+/m1/s1. The van der Waals surface area contributed by atoms with Gasteiger partial charge in [-0.05, 0) is 0 Å². The Kier molecular flexibility index (Phi) is 10.8. The van der Waals surface area contributed by atoms with Crippen LogP contribution in [0, 0.1) is 0 Å². The van der Waals surface area contributed by atoms with Crippen molar-refractivity contribution in [3.63, 3.8) is 0 Å². The quantitative estimate of drug-likeness (QED) is 0.281. The van der Waals surface area contributed by atoms with Crippen molar-refractivity contribution in [2.75, 3.05) is 13.2 Å². The first-order chi connectivity index (χ1) is 17.3.